The van der Waals surface area contributed by atoms with Crippen molar-refractivity contribution in [3.8, 4) is 0 Å². The van der Waals surface area contributed by atoms with E-state index >= 15 is 0 Å². The quantitative estimate of drug-likeness (QED) is 0.302. The fourth-order valence-corrected chi connectivity index (χ4v) is 1.42. The lowest BCUT2D eigenvalue weighted by Crippen LogP contribution is -2.19. The third kappa shape index (κ3) is 3.78. The fraction of sp³-hybridized carbons (Fsp3) is 0.200. The summed E-state index contributed by atoms with van der Waals surface area (Å²) in [5.74, 6) is -0.483. The molecule has 1 amide bonds. The molecule has 1 rings (SSSR count). The van der Waals surface area contributed by atoms with Crippen LogP contribution in [0.1, 0.15) is 22.8 Å². The highest BCUT2D eigenvalue weighted by molar-refractivity contribution is 8.31. The van der Waals surface area contributed by atoms with Crippen LogP contribution in [0.2, 0.25) is 0 Å². The summed E-state index contributed by atoms with van der Waals surface area (Å²) in [6.45, 7) is 3.40. The number of benzene rings is 1. The maximum absolute atomic E-state index is 11.8. The summed E-state index contributed by atoms with van der Waals surface area (Å²) in [7, 11) is 0.0901. The predicted molar refractivity (Wildman–Crippen MR) is 74.1 cm³/mol. The molecule has 6 nitrogen and oxygen atoms in total. The Bertz CT molecular complexity index is 519. The first-order chi connectivity index (χ1) is 8.45. The lowest BCUT2D eigenvalue weighted by molar-refractivity contribution is -0.384. The molecule has 0 aromatic heterocycles. The standard InChI is InChI=1S/C10H11N3O3PS/c1-6-3-4-8(13(15)16)5-9(6)10(14)12-11-7(2)17-18/h3-5,17H,1-2H3,(H,12,14)/q-1/b11-7-. The molecule has 0 spiro atoms. The van der Waals surface area contributed by atoms with Gasteiger partial charge >= 0.3 is 0 Å². The van der Waals surface area contributed by atoms with Gasteiger partial charge in [-0.2, -0.15) is 5.10 Å². The molecule has 0 fully saturated rings. The second kappa shape index (κ2) is 6.47. The number of non-ortho nitro benzene ring substituents is 1. The van der Waals surface area contributed by atoms with E-state index < -0.39 is 10.8 Å². The first-order valence-electron chi connectivity index (χ1n) is 4.93. The number of carbonyl (C=O) groups is 1. The number of aryl methyl sites for hydroxylation is 1. The summed E-state index contributed by atoms with van der Waals surface area (Å²) in [6.07, 6.45) is 0. The molecule has 96 valence electrons. The van der Waals surface area contributed by atoms with Crippen LogP contribution in [-0.4, -0.2) is 16.3 Å². The Hall–Kier alpha value is -1.46. The molecular formula is C10H11N3O3PS-. The predicted octanol–water partition coefficient (Wildman–Crippen LogP) is 2.11. The second-order valence-corrected chi connectivity index (χ2v) is 5.04. The van der Waals surface area contributed by atoms with Crippen molar-refractivity contribution in [2.24, 2.45) is 5.10 Å². The van der Waals surface area contributed by atoms with Crippen LogP contribution < -0.4 is 5.43 Å². The van der Waals surface area contributed by atoms with E-state index in [1.807, 2.05) is 0 Å². The largest absolute Gasteiger partial charge is 0.756 e. The van der Waals surface area contributed by atoms with E-state index in [0.29, 0.717) is 11.0 Å². The normalized spacial score (nSPS) is 11.8. The zero-order chi connectivity index (χ0) is 13.7. The molecule has 0 saturated heterocycles. The monoisotopic (exact) mass is 284 g/mol. The van der Waals surface area contributed by atoms with E-state index in [-0.39, 0.29) is 19.0 Å². The molecule has 18 heavy (non-hydrogen) atoms. The number of nitrogens with one attached hydrogen (secondary N) is 1. The van der Waals surface area contributed by atoms with Crippen molar-refractivity contribution in [1.29, 1.82) is 0 Å². The number of nitro benzene ring substituents is 1. The Kier molecular flexibility index (Phi) is 5.25. The van der Waals surface area contributed by atoms with Crippen molar-refractivity contribution in [2.45, 2.75) is 13.8 Å². The Balaban J connectivity index is 2.98. The van der Waals surface area contributed by atoms with Gasteiger partial charge in [0, 0.05) is 17.6 Å². The van der Waals surface area contributed by atoms with Gasteiger partial charge in [-0.3, -0.25) is 14.9 Å². The van der Waals surface area contributed by atoms with Gasteiger partial charge < -0.3 is 12.2 Å². The SMILES string of the molecule is C/C(=N/NC(=O)c1cc([N+](=O)[O-])ccc1C)P[S-]. The fourth-order valence-electron chi connectivity index (χ4n) is 1.19. The van der Waals surface area contributed by atoms with Crippen LogP contribution in [0.15, 0.2) is 23.3 Å². The van der Waals surface area contributed by atoms with Crippen LogP contribution in [0.4, 0.5) is 5.69 Å². The zero-order valence-corrected chi connectivity index (χ0v) is 11.6. The molecular weight excluding hydrogens is 273 g/mol. The summed E-state index contributed by atoms with van der Waals surface area (Å²) in [4.78, 5) is 21.9. The average Bonchev–Trinajstić information content (AvgIpc) is 2.35. The summed E-state index contributed by atoms with van der Waals surface area (Å²) in [5, 5.41) is 14.4. The number of rotatable bonds is 4. The number of hydrogen-bond acceptors (Lipinski definition) is 5. The molecule has 1 atom stereocenters. The van der Waals surface area contributed by atoms with Gasteiger partial charge in [0.15, 0.2) is 0 Å². The van der Waals surface area contributed by atoms with E-state index in [0.717, 1.165) is 0 Å². The van der Waals surface area contributed by atoms with E-state index in [1.54, 1.807) is 13.8 Å². The zero-order valence-electron chi connectivity index (χ0n) is 9.76. The lowest BCUT2D eigenvalue weighted by atomic mass is 10.1. The smallest absolute Gasteiger partial charge is 0.271 e. The van der Waals surface area contributed by atoms with Crippen LogP contribution in [0.3, 0.4) is 0 Å². The molecule has 0 radical (unpaired) electrons. The highest BCUT2D eigenvalue weighted by Crippen LogP contribution is 2.17. The minimum Gasteiger partial charge on any atom is -0.756 e. The van der Waals surface area contributed by atoms with Crippen molar-refractivity contribution < 1.29 is 9.72 Å². The van der Waals surface area contributed by atoms with Gasteiger partial charge in [0.05, 0.1) is 10.5 Å². The molecule has 0 aliphatic rings. The van der Waals surface area contributed by atoms with E-state index in [9.17, 15) is 14.9 Å². The summed E-state index contributed by atoms with van der Waals surface area (Å²) in [5.41, 5.74) is 3.70. The minimum atomic E-state index is -0.546. The number of hydrogen-bond donors (Lipinski definition) is 1. The number of hydrazone groups is 1. The summed E-state index contributed by atoms with van der Waals surface area (Å²) < 4.78 is 0. The number of carbonyl (C=O) groups excluding carboxylic acids is 1. The molecule has 0 aliphatic heterocycles. The number of nitro groups is 1. The molecule has 1 N–H and O–H groups in total. The second-order valence-electron chi connectivity index (χ2n) is 3.50. The van der Waals surface area contributed by atoms with Crippen molar-refractivity contribution in [3.63, 3.8) is 0 Å². The summed E-state index contributed by atoms with van der Waals surface area (Å²) in [6, 6.07) is 4.11. The van der Waals surface area contributed by atoms with Crippen molar-refractivity contribution in [2.75, 3.05) is 0 Å². The van der Waals surface area contributed by atoms with Gasteiger partial charge in [-0.05, 0) is 19.4 Å². The molecule has 1 aromatic carbocycles. The van der Waals surface area contributed by atoms with E-state index in [1.165, 1.54) is 18.2 Å². The third-order valence-electron chi connectivity index (χ3n) is 2.15. The highest BCUT2D eigenvalue weighted by atomic mass is 32.7. The molecule has 0 heterocycles. The van der Waals surface area contributed by atoms with Gasteiger partial charge in [0.25, 0.3) is 11.6 Å². The Labute approximate surface area is 111 Å². The Morgan fingerprint density at radius 3 is 2.78 bits per heavy atom. The topological polar surface area (TPSA) is 84.6 Å². The van der Waals surface area contributed by atoms with Crippen LogP contribution in [-0.2, 0) is 12.2 Å². The summed E-state index contributed by atoms with van der Waals surface area (Å²) >= 11 is 4.78. The van der Waals surface area contributed by atoms with Crippen LogP contribution in [0.5, 0.6) is 0 Å². The maximum atomic E-state index is 11.8. The van der Waals surface area contributed by atoms with Crippen LogP contribution in [0.25, 0.3) is 0 Å². The van der Waals surface area contributed by atoms with Gasteiger partial charge in [0.2, 0.25) is 0 Å². The van der Waals surface area contributed by atoms with Gasteiger partial charge in [0.1, 0.15) is 0 Å². The average molecular weight is 284 g/mol. The number of amides is 1. The molecule has 0 saturated carbocycles. The molecule has 1 unspecified atom stereocenters. The third-order valence-corrected chi connectivity index (χ3v) is 3.44. The Morgan fingerprint density at radius 1 is 1.56 bits per heavy atom. The van der Waals surface area contributed by atoms with E-state index in [4.69, 9.17) is 12.2 Å². The van der Waals surface area contributed by atoms with Gasteiger partial charge in [-0.15, -0.1) is 0 Å². The van der Waals surface area contributed by atoms with Crippen molar-refractivity contribution in [1.82, 2.24) is 5.43 Å². The van der Waals surface area contributed by atoms with Gasteiger partial charge in [-0.1, -0.05) is 6.07 Å². The molecule has 0 aliphatic carbocycles. The lowest BCUT2D eigenvalue weighted by Gasteiger charge is -2.06. The van der Waals surface area contributed by atoms with Crippen molar-refractivity contribution in [3.05, 3.63) is 39.4 Å². The maximum Gasteiger partial charge on any atom is 0.271 e. The van der Waals surface area contributed by atoms with Crippen molar-refractivity contribution >= 4 is 37.1 Å². The van der Waals surface area contributed by atoms with Crippen LogP contribution >= 0.6 is 7.78 Å². The number of nitrogens with zero attached hydrogens (tertiary/aromatic N) is 2. The molecule has 1 aromatic rings. The first-order valence-corrected chi connectivity index (χ1v) is 7.07. The molecule has 8 heteroatoms. The van der Waals surface area contributed by atoms with Gasteiger partial charge in [-0.25, -0.2) is 13.2 Å². The first kappa shape index (κ1) is 14.6. The molecule has 0 bridgehead atoms. The minimum absolute atomic E-state index is 0.0901. The van der Waals surface area contributed by atoms with E-state index in [2.05, 4.69) is 10.5 Å². The highest BCUT2D eigenvalue weighted by Gasteiger charge is 2.14. The Morgan fingerprint density at radius 2 is 2.22 bits per heavy atom. The van der Waals surface area contributed by atoms with Crippen LogP contribution in [0, 0.1) is 17.0 Å².